The van der Waals surface area contributed by atoms with Crippen molar-refractivity contribution in [1.82, 2.24) is 4.57 Å². The molecule has 3 rings (SSSR count). The molecule has 3 aromatic rings. The van der Waals surface area contributed by atoms with Crippen LogP contribution in [-0.4, -0.2) is 4.57 Å². The van der Waals surface area contributed by atoms with E-state index >= 15 is 0 Å². The minimum atomic E-state index is 0.909. The zero-order chi connectivity index (χ0) is 12.5. The Kier molecular flexibility index (Phi) is 2.96. The summed E-state index contributed by atoms with van der Waals surface area (Å²) in [5.74, 6) is 0. The Bertz CT molecular complexity index is 697. The Balaban J connectivity index is 2.00. The Morgan fingerprint density at radius 2 is 1.94 bits per heavy atom. The normalized spacial score (nSPS) is 11.0. The number of aromatic nitrogens is 1. The third-order valence-corrected chi connectivity index (χ3v) is 3.66. The van der Waals surface area contributed by atoms with Crippen LogP contribution in [0.1, 0.15) is 11.1 Å². The summed E-state index contributed by atoms with van der Waals surface area (Å²) in [6.07, 6.45) is 2.16. The molecule has 0 radical (unpaired) electrons. The second kappa shape index (κ2) is 4.62. The van der Waals surface area contributed by atoms with Crippen molar-refractivity contribution in [3.8, 4) is 0 Å². The van der Waals surface area contributed by atoms with Crippen LogP contribution < -0.4 is 0 Å². The maximum absolute atomic E-state index is 3.52. The number of hydrogen-bond acceptors (Lipinski definition) is 0. The minimum Gasteiger partial charge on any atom is -0.343 e. The molecule has 0 saturated heterocycles. The average molecular weight is 300 g/mol. The van der Waals surface area contributed by atoms with Gasteiger partial charge < -0.3 is 4.57 Å². The Labute approximate surface area is 115 Å². The highest BCUT2D eigenvalue weighted by Crippen LogP contribution is 2.19. The van der Waals surface area contributed by atoms with Gasteiger partial charge in [0, 0.05) is 22.7 Å². The molecular weight excluding hydrogens is 286 g/mol. The Morgan fingerprint density at radius 3 is 2.78 bits per heavy atom. The highest BCUT2D eigenvalue weighted by Gasteiger charge is 2.02. The summed E-state index contributed by atoms with van der Waals surface area (Å²) < 4.78 is 3.42. The van der Waals surface area contributed by atoms with Crippen molar-refractivity contribution in [1.29, 1.82) is 0 Å². The highest BCUT2D eigenvalue weighted by atomic mass is 79.9. The maximum Gasteiger partial charge on any atom is 0.0483 e. The van der Waals surface area contributed by atoms with Gasteiger partial charge in [-0.05, 0) is 48.2 Å². The molecule has 90 valence electrons. The van der Waals surface area contributed by atoms with Crippen molar-refractivity contribution in [3.63, 3.8) is 0 Å². The Hall–Kier alpha value is -1.54. The van der Waals surface area contributed by atoms with Crippen molar-refractivity contribution in [3.05, 3.63) is 70.3 Å². The van der Waals surface area contributed by atoms with E-state index in [0.29, 0.717) is 0 Å². The smallest absolute Gasteiger partial charge is 0.0483 e. The molecule has 0 aliphatic rings. The first-order valence-corrected chi connectivity index (χ1v) is 6.81. The molecule has 0 spiro atoms. The zero-order valence-corrected chi connectivity index (χ0v) is 11.8. The molecule has 0 aliphatic carbocycles. The Morgan fingerprint density at radius 1 is 1.06 bits per heavy atom. The number of aryl methyl sites for hydroxylation is 1. The van der Waals surface area contributed by atoms with Gasteiger partial charge in [-0.1, -0.05) is 39.7 Å². The fraction of sp³-hybridized carbons (Fsp3) is 0.125. The highest BCUT2D eigenvalue weighted by molar-refractivity contribution is 9.10. The van der Waals surface area contributed by atoms with Gasteiger partial charge in [-0.15, -0.1) is 0 Å². The van der Waals surface area contributed by atoms with Gasteiger partial charge in [0.15, 0.2) is 0 Å². The summed E-state index contributed by atoms with van der Waals surface area (Å²) in [5.41, 5.74) is 3.91. The average Bonchev–Trinajstić information content (AvgIpc) is 2.72. The first kappa shape index (κ1) is 11.5. The van der Waals surface area contributed by atoms with Gasteiger partial charge in [0.1, 0.15) is 0 Å². The lowest BCUT2D eigenvalue weighted by molar-refractivity contribution is 0.836. The van der Waals surface area contributed by atoms with Crippen LogP contribution in [0, 0.1) is 6.92 Å². The van der Waals surface area contributed by atoms with Crippen LogP contribution in [0.4, 0.5) is 0 Å². The van der Waals surface area contributed by atoms with Gasteiger partial charge in [-0.2, -0.15) is 0 Å². The number of halogens is 1. The van der Waals surface area contributed by atoms with Crippen LogP contribution in [0.2, 0.25) is 0 Å². The standard InChI is InChI=1S/C16H14BrN/c1-12-5-6-16-14(9-12)7-8-18(16)11-13-3-2-4-15(17)10-13/h2-10H,11H2,1H3. The van der Waals surface area contributed by atoms with E-state index in [1.165, 1.54) is 22.0 Å². The summed E-state index contributed by atoms with van der Waals surface area (Å²) in [6, 6.07) is 17.2. The molecule has 1 heterocycles. The lowest BCUT2D eigenvalue weighted by atomic mass is 10.2. The second-order valence-electron chi connectivity index (χ2n) is 4.64. The number of benzene rings is 2. The van der Waals surface area contributed by atoms with Crippen LogP contribution in [0.25, 0.3) is 10.9 Å². The zero-order valence-electron chi connectivity index (χ0n) is 10.2. The molecule has 2 heteroatoms. The van der Waals surface area contributed by atoms with E-state index in [2.05, 4.69) is 82.1 Å². The molecule has 0 bridgehead atoms. The van der Waals surface area contributed by atoms with Crippen LogP contribution in [0.5, 0.6) is 0 Å². The quantitative estimate of drug-likeness (QED) is 0.643. The summed E-state index contributed by atoms with van der Waals surface area (Å²) in [6.45, 7) is 3.04. The summed E-state index contributed by atoms with van der Waals surface area (Å²) in [4.78, 5) is 0. The van der Waals surface area contributed by atoms with Crippen LogP contribution in [0.3, 0.4) is 0 Å². The van der Waals surface area contributed by atoms with Crippen LogP contribution in [0.15, 0.2) is 59.2 Å². The number of hydrogen-bond donors (Lipinski definition) is 0. The predicted molar refractivity (Wildman–Crippen MR) is 79.9 cm³/mol. The molecule has 0 unspecified atom stereocenters. The fourth-order valence-corrected chi connectivity index (χ4v) is 2.74. The van der Waals surface area contributed by atoms with E-state index in [1.54, 1.807) is 0 Å². The van der Waals surface area contributed by atoms with Gasteiger partial charge in [0.2, 0.25) is 0 Å². The van der Waals surface area contributed by atoms with Crippen molar-refractivity contribution in [2.24, 2.45) is 0 Å². The fourth-order valence-electron chi connectivity index (χ4n) is 2.29. The molecule has 0 aliphatic heterocycles. The van der Waals surface area contributed by atoms with Crippen molar-refractivity contribution >= 4 is 26.8 Å². The van der Waals surface area contributed by atoms with Gasteiger partial charge in [0.25, 0.3) is 0 Å². The molecule has 2 aromatic carbocycles. The van der Waals surface area contributed by atoms with Crippen molar-refractivity contribution < 1.29 is 0 Å². The lowest BCUT2D eigenvalue weighted by Crippen LogP contribution is -1.97. The van der Waals surface area contributed by atoms with Crippen LogP contribution in [-0.2, 0) is 6.54 Å². The molecule has 0 saturated carbocycles. The molecule has 0 N–H and O–H groups in total. The predicted octanol–water partition coefficient (Wildman–Crippen LogP) is 4.76. The molecule has 1 aromatic heterocycles. The first-order valence-electron chi connectivity index (χ1n) is 6.02. The molecule has 0 fully saturated rings. The number of fused-ring (bicyclic) bond motifs is 1. The van der Waals surface area contributed by atoms with E-state index in [-0.39, 0.29) is 0 Å². The third kappa shape index (κ3) is 2.21. The molecular formula is C16H14BrN. The third-order valence-electron chi connectivity index (χ3n) is 3.17. The largest absolute Gasteiger partial charge is 0.343 e. The topological polar surface area (TPSA) is 4.93 Å². The first-order chi connectivity index (χ1) is 8.72. The molecule has 0 atom stereocenters. The van der Waals surface area contributed by atoms with Crippen molar-refractivity contribution in [2.75, 3.05) is 0 Å². The molecule has 18 heavy (non-hydrogen) atoms. The molecule has 1 nitrogen and oxygen atoms in total. The van der Waals surface area contributed by atoms with Crippen molar-refractivity contribution in [2.45, 2.75) is 13.5 Å². The van der Waals surface area contributed by atoms with Gasteiger partial charge in [-0.25, -0.2) is 0 Å². The summed E-state index contributed by atoms with van der Waals surface area (Å²) in [7, 11) is 0. The summed E-state index contributed by atoms with van der Waals surface area (Å²) in [5, 5.41) is 1.31. The molecule has 0 amide bonds. The monoisotopic (exact) mass is 299 g/mol. The SMILES string of the molecule is Cc1ccc2c(ccn2Cc2cccc(Br)c2)c1. The maximum atomic E-state index is 3.52. The van der Waals surface area contributed by atoms with E-state index in [1.807, 2.05) is 0 Å². The van der Waals surface area contributed by atoms with E-state index in [0.717, 1.165) is 11.0 Å². The van der Waals surface area contributed by atoms with Gasteiger partial charge >= 0.3 is 0 Å². The van der Waals surface area contributed by atoms with Gasteiger partial charge in [-0.3, -0.25) is 0 Å². The minimum absolute atomic E-state index is 0.909. The number of nitrogens with zero attached hydrogens (tertiary/aromatic N) is 1. The lowest BCUT2D eigenvalue weighted by Gasteiger charge is -2.06. The second-order valence-corrected chi connectivity index (χ2v) is 5.55. The number of rotatable bonds is 2. The van der Waals surface area contributed by atoms with E-state index < -0.39 is 0 Å². The van der Waals surface area contributed by atoms with E-state index in [4.69, 9.17) is 0 Å². The van der Waals surface area contributed by atoms with E-state index in [9.17, 15) is 0 Å². The summed E-state index contributed by atoms with van der Waals surface area (Å²) >= 11 is 3.52. The van der Waals surface area contributed by atoms with Gasteiger partial charge in [0.05, 0.1) is 0 Å². The van der Waals surface area contributed by atoms with Crippen LogP contribution >= 0.6 is 15.9 Å².